The van der Waals surface area contributed by atoms with Crippen LogP contribution in [0.3, 0.4) is 0 Å². The molecule has 0 atom stereocenters. The van der Waals surface area contributed by atoms with Gasteiger partial charge in [-0.3, -0.25) is 9.78 Å². The molecule has 0 saturated heterocycles. The van der Waals surface area contributed by atoms with E-state index in [2.05, 4.69) is 25.3 Å². The Morgan fingerprint density at radius 2 is 1.75 bits per heavy atom. The molecule has 0 aliphatic heterocycles. The summed E-state index contributed by atoms with van der Waals surface area (Å²) in [6, 6.07) is 9.71. The molecule has 128 valence electrons. The van der Waals surface area contributed by atoms with Gasteiger partial charge in [0.25, 0.3) is 5.56 Å². The van der Waals surface area contributed by atoms with E-state index in [0.29, 0.717) is 12.2 Å². The van der Waals surface area contributed by atoms with Gasteiger partial charge in [0.2, 0.25) is 5.95 Å². The predicted octanol–water partition coefficient (Wildman–Crippen LogP) is 2.96. The lowest BCUT2D eigenvalue weighted by Gasteiger charge is -2.05. The number of nitrogens with zero attached hydrogens (tertiary/aromatic N) is 3. The molecule has 3 aromatic rings. The lowest BCUT2D eigenvalue weighted by Crippen LogP contribution is -2.15. The smallest absolute Gasteiger partial charge is 0.280 e. The number of hydrogen-bond donors (Lipinski definition) is 3. The minimum Gasteiger partial charge on any atom is -0.379 e. The first-order valence-electron chi connectivity index (χ1n) is 8.03. The fourth-order valence-corrected chi connectivity index (χ4v) is 1.80. The standard InChI is InChI=1S/C13H12N6O.2C2H6/c14-13-18-11-10(12(20)19-13)17-9(7-16-11)6-15-8-4-2-1-3-5-8;2*1-2/h1-5,7,15H,6H2,(H3,14,16,18,19,20);2*1-2H3. The van der Waals surface area contributed by atoms with Gasteiger partial charge >= 0.3 is 0 Å². The highest BCUT2D eigenvalue weighted by Gasteiger charge is 2.06. The van der Waals surface area contributed by atoms with Gasteiger partial charge < -0.3 is 11.1 Å². The Balaban J connectivity index is 0.000000671. The Labute approximate surface area is 141 Å². The molecule has 0 aliphatic rings. The van der Waals surface area contributed by atoms with Crippen molar-refractivity contribution in [1.82, 2.24) is 19.9 Å². The summed E-state index contributed by atoms with van der Waals surface area (Å²) in [5, 5.41) is 3.20. The molecule has 24 heavy (non-hydrogen) atoms. The number of rotatable bonds is 3. The second-order valence-electron chi connectivity index (χ2n) is 4.20. The fourth-order valence-electron chi connectivity index (χ4n) is 1.80. The quantitative estimate of drug-likeness (QED) is 0.682. The van der Waals surface area contributed by atoms with Gasteiger partial charge in [-0.05, 0) is 12.1 Å². The van der Waals surface area contributed by atoms with E-state index < -0.39 is 0 Å². The van der Waals surface area contributed by atoms with E-state index in [9.17, 15) is 4.79 Å². The number of anilines is 2. The number of nitrogen functional groups attached to an aromatic ring is 1. The number of fused-ring (bicyclic) bond motifs is 1. The molecule has 4 N–H and O–H groups in total. The third-order valence-electron chi connectivity index (χ3n) is 2.73. The third-order valence-corrected chi connectivity index (χ3v) is 2.73. The molecule has 0 aliphatic carbocycles. The first kappa shape index (κ1) is 19.1. The van der Waals surface area contributed by atoms with E-state index in [4.69, 9.17) is 5.73 Å². The van der Waals surface area contributed by atoms with Crippen molar-refractivity contribution in [2.45, 2.75) is 34.2 Å². The number of nitrogens with two attached hydrogens (primary N) is 1. The lowest BCUT2D eigenvalue weighted by molar-refractivity contribution is 1.02. The van der Waals surface area contributed by atoms with Crippen LogP contribution in [0.5, 0.6) is 0 Å². The number of benzene rings is 1. The number of aromatic amines is 1. The van der Waals surface area contributed by atoms with Gasteiger partial charge in [-0.1, -0.05) is 45.9 Å². The first-order chi connectivity index (χ1) is 11.7. The maximum absolute atomic E-state index is 11.7. The maximum atomic E-state index is 11.7. The van der Waals surface area contributed by atoms with Crippen LogP contribution < -0.4 is 16.6 Å². The molecule has 3 rings (SSSR count). The summed E-state index contributed by atoms with van der Waals surface area (Å²) in [7, 11) is 0. The zero-order valence-electron chi connectivity index (χ0n) is 14.5. The Morgan fingerprint density at radius 1 is 1.08 bits per heavy atom. The molecule has 1 aromatic carbocycles. The summed E-state index contributed by atoms with van der Waals surface area (Å²) < 4.78 is 0. The molecule has 0 unspecified atom stereocenters. The van der Waals surface area contributed by atoms with Crippen molar-refractivity contribution >= 4 is 22.8 Å². The van der Waals surface area contributed by atoms with Crippen LogP contribution in [-0.2, 0) is 6.54 Å². The minimum absolute atomic E-state index is 0.0342. The van der Waals surface area contributed by atoms with Crippen molar-refractivity contribution in [2.24, 2.45) is 0 Å². The van der Waals surface area contributed by atoms with Gasteiger partial charge in [0.15, 0.2) is 11.2 Å². The van der Waals surface area contributed by atoms with E-state index in [-0.39, 0.29) is 22.7 Å². The van der Waals surface area contributed by atoms with Crippen LogP contribution >= 0.6 is 0 Å². The van der Waals surface area contributed by atoms with Gasteiger partial charge in [0.1, 0.15) is 0 Å². The highest BCUT2D eigenvalue weighted by molar-refractivity contribution is 5.69. The Hall–Kier alpha value is -2.96. The fraction of sp³-hybridized carbons (Fsp3) is 0.294. The number of aromatic nitrogens is 4. The van der Waals surface area contributed by atoms with E-state index in [1.807, 2.05) is 58.0 Å². The molecule has 2 heterocycles. The largest absolute Gasteiger partial charge is 0.379 e. The van der Waals surface area contributed by atoms with Gasteiger partial charge in [-0.2, -0.15) is 4.98 Å². The molecule has 2 aromatic heterocycles. The molecular weight excluding hydrogens is 304 g/mol. The van der Waals surface area contributed by atoms with Crippen molar-refractivity contribution in [3.8, 4) is 0 Å². The molecule has 0 radical (unpaired) electrons. The number of hydrogen-bond acceptors (Lipinski definition) is 6. The zero-order valence-corrected chi connectivity index (χ0v) is 14.5. The van der Waals surface area contributed by atoms with Crippen LogP contribution in [0.2, 0.25) is 0 Å². The van der Waals surface area contributed by atoms with E-state index >= 15 is 0 Å². The zero-order chi connectivity index (χ0) is 17.9. The summed E-state index contributed by atoms with van der Waals surface area (Å²) in [5.74, 6) is 0.0342. The number of nitrogens with one attached hydrogen (secondary N) is 2. The first-order valence-corrected chi connectivity index (χ1v) is 8.03. The molecular formula is C17H24N6O. The second-order valence-corrected chi connectivity index (χ2v) is 4.20. The van der Waals surface area contributed by atoms with Crippen LogP contribution in [0, 0.1) is 0 Å². The normalized spacial score (nSPS) is 9.33. The van der Waals surface area contributed by atoms with Crippen LogP contribution in [-0.4, -0.2) is 19.9 Å². The molecule has 0 bridgehead atoms. The average molecular weight is 328 g/mol. The van der Waals surface area contributed by atoms with Crippen LogP contribution in [0.4, 0.5) is 11.6 Å². The van der Waals surface area contributed by atoms with Crippen LogP contribution in [0.25, 0.3) is 11.2 Å². The summed E-state index contributed by atoms with van der Waals surface area (Å²) >= 11 is 0. The van der Waals surface area contributed by atoms with Gasteiger partial charge in [0, 0.05) is 5.69 Å². The molecule has 0 saturated carbocycles. The predicted molar refractivity (Wildman–Crippen MR) is 98.8 cm³/mol. The van der Waals surface area contributed by atoms with Gasteiger partial charge in [-0.15, -0.1) is 0 Å². The van der Waals surface area contributed by atoms with Gasteiger partial charge in [-0.25, -0.2) is 9.97 Å². The number of para-hydroxylation sites is 1. The van der Waals surface area contributed by atoms with Crippen molar-refractivity contribution in [3.63, 3.8) is 0 Å². The molecule has 7 heteroatoms. The summed E-state index contributed by atoms with van der Waals surface area (Å²) in [6.45, 7) is 8.47. The molecule has 7 nitrogen and oxygen atoms in total. The molecule has 0 fully saturated rings. The van der Waals surface area contributed by atoms with Crippen molar-refractivity contribution in [1.29, 1.82) is 0 Å². The molecule has 0 spiro atoms. The summed E-state index contributed by atoms with van der Waals surface area (Å²) in [5.41, 5.74) is 7.12. The minimum atomic E-state index is -0.387. The highest BCUT2D eigenvalue weighted by Crippen LogP contribution is 2.08. The van der Waals surface area contributed by atoms with E-state index in [1.54, 1.807) is 6.20 Å². The maximum Gasteiger partial charge on any atom is 0.280 e. The summed E-state index contributed by atoms with van der Waals surface area (Å²) in [4.78, 5) is 26.4. The number of H-pyrrole nitrogens is 1. The Kier molecular flexibility index (Phi) is 7.90. The van der Waals surface area contributed by atoms with E-state index in [1.165, 1.54) is 0 Å². The Bertz CT molecular complexity index is 801. The van der Waals surface area contributed by atoms with Crippen molar-refractivity contribution < 1.29 is 0 Å². The monoisotopic (exact) mass is 328 g/mol. The second kappa shape index (κ2) is 9.94. The average Bonchev–Trinajstić information content (AvgIpc) is 2.64. The lowest BCUT2D eigenvalue weighted by atomic mass is 10.3. The van der Waals surface area contributed by atoms with Crippen LogP contribution in [0.1, 0.15) is 33.4 Å². The van der Waals surface area contributed by atoms with Crippen molar-refractivity contribution in [2.75, 3.05) is 11.1 Å². The highest BCUT2D eigenvalue weighted by atomic mass is 16.1. The van der Waals surface area contributed by atoms with Crippen LogP contribution in [0.15, 0.2) is 41.3 Å². The Morgan fingerprint density at radius 3 is 2.42 bits per heavy atom. The van der Waals surface area contributed by atoms with E-state index in [0.717, 1.165) is 5.69 Å². The topological polar surface area (TPSA) is 110 Å². The SMILES string of the molecule is CC.CC.Nc1nc2ncc(CNc3ccccc3)nc2c(=O)[nH]1. The van der Waals surface area contributed by atoms with Gasteiger partial charge in [0.05, 0.1) is 18.4 Å². The third kappa shape index (κ3) is 5.05. The van der Waals surface area contributed by atoms with Crippen molar-refractivity contribution in [3.05, 3.63) is 52.6 Å². The molecule has 0 amide bonds. The summed E-state index contributed by atoms with van der Waals surface area (Å²) in [6.07, 6.45) is 1.57.